The lowest BCUT2D eigenvalue weighted by Gasteiger charge is -2.08. The number of aromatic nitrogens is 4. The molecule has 6 heteroatoms. The number of benzene rings is 1. The van der Waals surface area contributed by atoms with E-state index in [9.17, 15) is 4.39 Å². The van der Waals surface area contributed by atoms with Gasteiger partial charge in [0.1, 0.15) is 11.6 Å². The van der Waals surface area contributed by atoms with Gasteiger partial charge in [0, 0.05) is 31.1 Å². The minimum Gasteiger partial charge on any atom is -0.323 e. The first-order chi connectivity index (χ1) is 10.1. The van der Waals surface area contributed by atoms with Crippen LogP contribution < -0.4 is 0 Å². The predicted molar refractivity (Wildman–Crippen MR) is 81.2 cm³/mol. The van der Waals surface area contributed by atoms with E-state index in [-0.39, 0.29) is 5.82 Å². The van der Waals surface area contributed by atoms with Crippen LogP contribution in [0.15, 0.2) is 24.4 Å². The molecule has 0 radical (unpaired) electrons. The maximum Gasteiger partial charge on any atom is 0.125 e. The molecule has 0 saturated heterocycles. The van der Waals surface area contributed by atoms with Crippen molar-refractivity contribution in [3.05, 3.63) is 47.3 Å². The third-order valence-electron chi connectivity index (χ3n) is 3.55. The highest BCUT2D eigenvalue weighted by molar-refractivity contribution is 6.17. The summed E-state index contributed by atoms with van der Waals surface area (Å²) in [5.74, 6) is 1.09. The summed E-state index contributed by atoms with van der Waals surface area (Å²) in [7, 11) is 1.89. The summed E-state index contributed by atoms with van der Waals surface area (Å²) < 4.78 is 17.4. The van der Waals surface area contributed by atoms with Crippen LogP contribution in [-0.4, -0.2) is 25.2 Å². The molecule has 0 amide bonds. The molecule has 2 aromatic heterocycles. The molecule has 21 heavy (non-hydrogen) atoms. The molecule has 1 aromatic carbocycles. The van der Waals surface area contributed by atoms with Crippen molar-refractivity contribution in [3.63, 3.8) is 0 Å². The minimum absolute atomic E-state index is 0.260. The molecule has 0 fully saturated rings. The van der Waals surface area contributed by atoms with Crippen LogP contribution in [-0.2, 0) is 20.0 Å². The highest BCUT2D eigenvalue weighted by atomic mass is 35.5. The van der Waals surface area contributed by atoms with Gasteiger partial charge >= 0.3 is 0 Å². The quantitative estimate of drug-likeness (QED) is 0.695. The van der Waals surface area contributed by atoms with Gasteiger partial charge in [-0.15, -0.1) is 11.6 Å². The summed E-state index contributed by atoms with van der Waals surface area (Å²) in [4.78, 5) is 4.56. The Morgan fingerprint density at radius 3 is 2.81 bits per heavy atom. The minimum atomic E-state index is -0.260. The second-order valence-electron chi connectivity index (χ2n) is 5.10. The van der Waals surface area contributed by atoms with Crippen molar-refractivity contribution in [1.29, 1.82) is 0 Å². The zero-order chi connectivity index (χ0) is 15.0. The van der Waals surface area contributed by atoms with E-state index in [1.807, 2.05) is 24.7 Å². The van der Waals surface area contributed by atoms with Gasteiger partial charge in [0.05, 0.1) is 23.3 Å². The number of hydrogen-bond donors (Lipinski definition) is 0. The van der Waals surface area contributed by atoms with E-state index in [0.717, 1.165) is 28.1 Å². The van der Waals surface area contributed by atoms with Crippen molar-refractivity contribution >= 4 is 22.6 Å². The molecule has 0 N–H and O–H groups in total. The second kappa shape index (κ2) is 5.48. The number of hydrogen-bond acceptors (Lipinski definition) is 2. The van der Waals surface area contributed by atoms with Crippen molar-refractivity contribution in [3.8, 4) is 0 Å². The van der Waals surface area contributed by atoms with Gasteiger partial charge in [0.25, 0.3) is 0 Å². The topological polar surface area (TPSA) is 35.6 Å². The van der Waals surface area contributed by atoms with Crippen LogP contribution in [0.5, 0.6) is 0 Å². The van der Waals surface area contributed by atoms with E-state index in [4.69, 9.17) is 11.6 Å². The Morgan fingerprint density at radius 1 is 1.33 bits per heavy atom. The van der Waals surface area contributed by atoms with Crippen molar-refractivity contribution in [2.75, 3.05) is 5.88 Å². The van der Waals surface area contributed by atoms with E-state index < -0.39 is 0 Å². The van der Waals surface area contributed by atoms with Gasteiger partial charge in [-0.3, -0.25) is 4.68 Å². The molecule has 0 unspecified atom stereocenters. The summed E-state index contributed by atoms with van der Waals surface area (Å²) in [6.45, 7) is 2.59. The zero-order valence-electron chi connectivity index (χ0n) is 12.0. The van der Waals surface area contributed by atoms with Crippen LogP contribution in [0, 0.1) is 12.7 Å². The van der Waals surface area contributed by atoms with Crippen LogP contribution in [0.3, 0.4) is 0 Å². The number of rotatable bonds is 4. The maximum absolute atomic E-state index is 13.6. The largest absolute Gasteiger partial charge is 0.323 e. The molecule has 0 aliphatic rings. The van der Waals surface area contributed by atoms with Crippen LogP contribution in [0.1, 0.15) is 17.1 Å². The average molecular weight is 307 g/mol. The lowest BCUT2D eigenvalue weighted by atomic mass is 10.2. The summed E-state index contributed by atoms with van der Waals surface area (Å²) in [6.07, 6.45) is 2.63. The molecule has 0 aliphatic carbocycles. The molecular weight excluding hydrogens is 291 g/mol. The summed E-state index contributed by atoms with van der Waals surface area (Å²) >= 11 is 5.86. The number of fused-ring (bicyclic) bond motifs is 1. The molecule has 4 nitrogen and oxygen atoms in total. The van der Waals surface area contributed by atoms with Gasteiger partial charge in [-0.2, -0.15) is 5.10 Å². The Kier molecular flexibility index (Phi) is 3.68. The highest BCUT2D eigenvalue weighted by Crippen LogP contribution is 2.20. The van der Waals surface area contributed by atoms with Crippen molar-refractivity contribution < 1.29 is 4.39 Å². The first-order valence-corrected chi connectivity index (χ1v) is 7.31. The van der Waals surface area contributed by atoms with E-state index >= 15 is 0 Å². The van der Waals surface area contributed by atoms with Crippen molar-refractivity contribution in [2.24, 2.45) is 7.05 Å². The molecule has 110 valence electrons. The van der Waals surface area contributed by atoms with Crippen molar-refractivity contribution in [2.45, 2.75) is 19.9 Å². The smallest absolute Gasteiger partial charge is 0.125 e. The molecular formula is C15H16ClFN4. The van der Waals surface area contributed by atoms with Gasteiger partial charge in [-0.1, -0.05) is 0 Å². The summed E-state index contributed by atoms with van der Waals surface area (Å²) in [5, 5.41) is 4.35. The summed E-state index contributed by atoms with van der Waals surface area (Å²) in [6, 6.07) is 4.65. The molecule has 2 heterocycles. The van der Waals surface area contributed by atoms with Gasteiger partial charge in [0.15, 0.2) is 0 Å². The van der Waals surface area contributed by atoms with Crippen LogP contribution in [0.25, 0.3) is 11.0 Å². The predicted octanol–water partition coefficient (Wildman–Crippen LogP) is 3.05. The number of imidazole rings is 1. The fraction of sp³-hybridized carbons (Fsp3) is 0.333. The monoisotopic (exact) mass is 306 g/mol. The second-order valence-corrected chi connectivity index (χ2v) is 5.48. The number of nitrogens with zero attached hydrogens (tertiary/aromatic N) is 4. The normalized spacial score (nSPS) is 11.4. The Bertz CT molecular complexity index is 790. The molecule has 0 bridgehead atoms. The molecule has 3 aromatic rings. The average Bonchev–Trinajstić information content (AvgIpc) is 2.92. The van der Waals surface area contributed by atoms with Crippen LogP contribution in [0.2, 0.25) is 0 Å². The third-order valence-corrected chi connectivity index (χ3v) is 3.74. The van der Waals surface area contributed by atoms with E-state index in [1.165, 1.54) is 12.1 Å². The van der Waals surface area contributed by atoms with Gasteiger partial charge in [0.2, 0.25) is 0 Å². The highest BCUT2D eigenvalue weighted by Gasteiger charge is 2.13. The SMILES string of the molecule is Cc1nn(C)cc1Cn1c(CCCl)nc2ccc(F)cc21. The number of aryl methyl sites for hydroxylation is 3. The van der Waals surface area contributed by atoms with Crippen LogP contribution in [0.4, 0.5) is 4.39 Å². The molecule has 0 atom stereocenters. The van der Waals surface area contributed by atoms with Gasteiger partial charge < -0.3 is 4.57 Å². The first kappa shape index (κ1) is 14.1. The van der Waals surface area contributed by atoms with Crippen molar-refractivity contribution in [1.82, 2.24) is 19.3 Å². The third kappa shape index (κ3) is 2.65. The fourth-order valence-electron chi connectivity index (χ4n) is 2.57. The fourth-order valence-corrected chi connectivity index (χ4v) is 2.74. The molecule has 0 aliphatic heterocycles. The molecule has 0 saturated carbocycles. The Hall–Kier alpha value is -1.88. The lowest BCUT2D eigenvalue weighted by Crippen LogP contribution is -2.06. The van der Waals surface area contributed by atoms with E-state index in [1.54, 1.807) is 10.7 Å². The Labute approximate surface area is 127 Å². The molecule has 3 rings (SSSR count). The lowest BCUT2D eigenvalue weighted by molar-refractivity contribution is 0.628. The van der Waals surface area contributed by atoms with E-state index in [2.05, 4.69) is 10.1 Å². The van der Waals surface area contributed by atoms with Gasteiger partial charge in [-0.05, 0) is 25.1 Å². The summed E-state index contributed by atoms with van der Waals surface area (Å²) in [5.41, 5.74) is 3.64. The van der Waals surface area contributed by atoms with Gasteiger partial charge in [-0.25, -0.2) is 9.37 Å². The number of alkyl halides is 1. The molecule has 0 spiro atoms. The number of halogens is 2. The zero-order valence-corrected chi connectivity index (χ0v) is 12.7. The first-order valence-electron chi connectivity index (χ1n) is 6.78. The van der Waals surface area contributed by atoms with E-state index in [0.29, 0.717) is 18.8 Å². The Morgan fingerprint density at radius 2 is 2.14 bits per heavy atom. The standard InChI is InChI=1S/C15H16ClFN4/c1-10-11(8-20(2)19-10)9-21-14-7-12(17)3-4-13(14)18-15(21)5-6-16/h3-4,7-8H,5-6,9H2,1-2H3. The van der Waals surface area contributed by atoms with Crippen LogP contribution >= 0.6 is 11.6 Å². The maximum atomic E-state index is 13.6. The Balaban J connectivity index is 2.12.